The largest absolute Gasteiger partial charge is 0.350 e. The fraction of sp³-hybridized carbons (Fsp3) is 0.136. The molecule has 6 heteroatoms. The highest BCUT2D eigenvalue weighted by Crippen LogP contribution is 2.32. The lowest BCUT2D eigenvalue weighted by atomic mass is 10.2. The molecule has 1 unspecified atom stereocenters. The first kappa shape index (κ1) is 20.0. The van der Waals surface area contributed by atoms with Gasteiger partial charge in [0.1, 0.15) is 10.4 Å². The zero-order valence-electron chi connectivity index (χ0n) is 15.4. The fourth-order valence-electron chi connectivity index (χ4n) is 2.69. The number of hydrogen-bond donors (Lipinski definition) is 1. The molecule has 1 saturated heterocycles. The van der Waals surface area contributed by atoms with Crippen LogP contribution in [-0.4, -0.2) is 27.1 Å². The van der Waals surface area contributed by atoms with Crippen LogP contribution in [0.5, 0.6) is 0 Å². The number of thioether (sulfide) groups is 1. The molecule has 1 atom stereocenters. The van der Waals surface area contributed by atoms with Crippen molar-refractivity contribution in [2.45, 2.75) is 19.5 Å². The Morgan fingerprint density at radius 2 is 1.79 bits per heavy atom. The zero-order chi connectivity index (χ0) is 19.9. The monoisotopic (exact) mass is 408 g/mol. The summed E-state index contributed by atoms with van der Waals surface area (Å²) in [6.07, 6.45) is 5.48. The van der Waals surface area contributed by atoms with Gasteiger partial charge in [-0.25, -0.2) is 0 Å². The van der Waals surface area contributed by atoms with Crippen molar-refractivity contribution >= 4 is 46.2 Å². The third-order valence-electron chi connectivity index (χ3n) is 4.24. The summed E-state index contributed by atoms with van der Waals surface area (Å²) >= 11 is 6.55. The summed E-state index contributed by atoms with van der Waals surface area (Å²) in [5, 5.41) is 2.86. The van der Waals surface area contributed by atoms with E-state index in [4.69, 9.17) is 12.2 Å². The predicted molar refractivity (Wildman–Crippen MR) is 118 cm³/mol. The smallest absolute Gasteiger partial charge is 0.266 e. The van der Waals surface area contributed by atoms with Gasteiger partial charge in [0, 0.05) is 6.54 Å². The minimum Gasteiger partial charge on any atom is -0.350 e. The predicted octanol–water partition coefficient (Wildman–Crippen LogP) is 4.15. The van der Waals surface area contributed by atoms with Crippen molar-refractivity contribution in [1.82, 2.24) is 10.2 Å². The van der Waals surface area contributed by atoms with Gasteiger partial charge in [0.25, 0.3) is 5.91 Å². The van der Waals surface area contributed by atoms with Crippen LogP contribution in [0, 0.1) is 0 Å². The van der Waals surface area contributed by atoms with Crippen molar-refractivity contribution in [3.63, 3.8) is 0 Å². The van der Waals surface area contributed by atoms with Gasteiger partial charge in [0.05, 0.1) is 4.91 Å². The Morgan fingerprint density at radius 1 is 1.14 bits per heavy atom. The van der Waals surface area contributed by atoms with E-state index < -0.39 is 6.04 Å². The second kappa shape index (κ2) is 9.48. The molecule has 0 spiro atoms. The molecule has 1 heterocycles. The van der Waals surface area contributed by atoms with E-state index in [0.717, 1.165) is 11.1 Å². The lowest BCUT2D eigenvalue weighted by Crippen LogP contribution is -2.46. The Bertz CT molecular complexity index is 924. The summed E-state index contributed by atoms with van der Waals surface area (Å²) in [6.45, 7) is 2.10. The molecule has 1 N–H and O–H groups in total. The quantitative estimate of drug-likeness (QED) is 0.576. The van der Waals surface area contributed by atoms with Gasteiger partial charge < -0.3 is 5.32 Å². The van der Waals surface area contributed by atoms with E-state index >= 15 is 0 Å². The highest BCUT2D eigenvalue weighted by atomic mass is 32.2. The van der Waals surface area contributed by atoms with Gasteiger partial charge in [-0.3, -0.25) is 14.5 Å². The third kappa shape index (κ3) is 4.97. The van der Waals surface area contributed by atoms with E-state index in [0.29, 0.717) is 15.8 Å². The van der Waals surface area contributed by atoms with Gasteiger partial charge in [0.2, 0.25) is 5.91 Å². The topological polar surface area (TPSA) is 49.4 Å². The maximum absolute atomic E-state index is 12.7. The first-order valence-corrected chi connectivity index (χ1v) is 10.1. The molecule has 0 radical (unpaired) electrons. The third-order valence-corrected chi connectivity index (χ3v) is 5.58. The van der Waals surface area contributed by atoms with Gasteiger partial charge in [-0.2, -0.15) is 0 Å². The van der Waals surface area contributed by atoms with Crippen molar-refractivity contribution in [3.8, 4) is 0 Å². The number of benzene rings is 2. The summed E-state index contributed by atoms with van der Waals surface area (Å²) in [5.74, 6) is -0.476. The molecule has 0 aromatic heterocycles. The Hall–Kier alpha value is -2.70. The van der Waals surface area contributed by atoms with Gasteiger partial charge in [-0.1, -0.05) is 96.8 Å². The summed E-state index contributed by atoms with van der Waals surface area (Å²) in [5.41, 5.74) is 2.04. The molecule has 2 aromatic carbocycles. The number of thiocarbonyl (C=S) groups is 1. The van der Waals surface area contributed by atoms with Crippen LogP contribution in [0.15, 0.2) is 77.7 Å². The summed E-state index contributed by atoms with van der Waals surface area (Å²) in [4.78, 5) is 27.1. The van der Waals surface area contributed by atoms with Crippen molar-refractivity contribution in [2.75, 3.05) is 0 Å². The average molecular weight is 409 g/mol. The number of amides is 2. The van der Waals surface area contributed by atoms with Crippen LogP contribution >= 0.6 is 24.0 Å². The van der Waals surface area contributed by atoms with E-state index in [1.165, 1.54) is 16.7 Å². The van der Waals surface area contributed by atoms with E-state index in [1.54, 1.807) is 13.0 Å². The second-order valence-electron chi connectivity index (χ2n) is 6.22. The SMILES string of the molecule is CC(C(=O)NCc1ccccc1)N1C(=O)/C(=C/C=C/c2ccccc2)SC1=S. The molecule has 142 valence electrons. The van der Waals surface area contributed by atoms with Crippen LogP contribution in [-0.2, 0) is 16.1 Å². The number of carbonyl (C=O) groups excluding carboxylic acids is 2. The first-order valence-electron chi connectivity index (χ1n) is 8.86. The van der Waals surface area contributed by atoms with Crippen LogP contribution in [0.2, 0.25) is 0 Å². The molecular weight excluding hydrogens is 388 g/mol. The lowest BCUT2D eigenvalue weighted by Gasteiger charge is -2.22. The Morgan fingerprint density at radius 3 is 2.46 bits per heavy atom. The van der Waals surface area contributed by atoms with E-state index in [1.807, 2.05) is 72.8 Å². The summed E-state index contributed by atoms with van der Waals surface area (Å²) in [6, 6.07) is 18.8. The molecule has 0 aliphatic carbocycles. The number of hydrogen-bond acceptors (Lipinski definition) is 4. The number of carbonyl (C=O) groups is 2. The molecule has 1 aliphatic heterocycles. The molecule has 1 fully saturated rings. The molecule has 4 nitrogen and oxygen atoms in total. The maximum Gasteiger partial charge on any atom is 0.266 e. The van der Waals surface area contributed by atoms with Crippen molar-refractivity contribution in [1.29, 1.82) is 0 Å². The number of nitrogens with zero attached hydrogens (tertiary/aromatic N) is 1. The van der Waals surface area contributed by atoms with E-state index in [-0.39, 0.29) is 11.8 Å². The number of rotatable bonds is 6. The van der Waals surface area contributed by atoms with Crippen LogP contribution < -0.4 is 5.32 Å². The van der Waals surface area contributed by atoms with Gasteiger partial charge in [-0.05, 0) is 24.1 Å². The Balaban J connectivity index is 1.62. The van der Waals surface area contributed by atoms with Crippen LogP contribution in [0.1, 0.15) is 18.1 Å². The summed E-state index contributed by atoms with van der Waals surface area (Å²) < 4.78 is 0.395. The molecule has 1 aliphatic rings. The Labute approximate surface area is 174 Å². The van der Waals surface area contributed by atoms with Crippen molar-refractivity contribution < 1.29 is 9.59 Å². The molecular formula is C22H20N2O2S2. The highest BCUT2D eigenvalue weighted by molar-refractivity contribution is 8.26. The molecule has 0 bridgehead atoms. The molecule has 0 saturated carbocycles. The van der Waals surface area contributed by atoms with Crippen LogP contribution in [0.4, 0.5) is 0 Å². The van der Waals surface area contributed by atoms with Crippen molar-refractivity contribution in [3.05, 3.63) is 88.8 Å². The van der Waals surface area contributed by atoms with Crippen molar-refractivity contribution in [2.24, 2.45) is 0 Å². The lowest BCUT2D eigenvalue weighted by molar-refractivity contribution is -0.132. The van der Waals surface area contributed by atoms with Gasteiger partial charge in [-0.15, -0.1) is 0 Å². The zero-order valence-corrected chi connectivity index (χ0v) is 17.0. The molecule has 3 rings (SSSR count). The fourth-order valence-corrected chi connectivity index (χ4v) is 4.06. The van der Waals surface area contributed by atoms with Gasteiger partial charge >= 0.3 is 0 Å². The second-order valence-corrected chi connectivity index (χ2v) is 7.90. The molecule has 28 heavy (non-hydrogen) atoms. The number of nitrogens with one attached hydrogen (secondary N) is 1. The maximum atomic E-state index is 12.7. The van der Waals surface area contributed by atoms with Crippen LogP contribution in [0.3, 0.4) is 0 Å². The minimum atomic E-state index is -0.666. The van der Waals surface area contributed by atoms with Crippen LogP contribution in [0.25, 0.3) is 6.08 Å². The summed E-state index contributed by atoms with van der Waals surface area (Å²) in [7, 11) is 0. The van der Waals surface area contributed by atoms with Gasteiger partial charge in [0.15, 0.2) is 0 Å². The molecule has 2 amide bonds. The average Bonchev–Trinajstić information content (AvgIpc) is 3.00. The first-order chi connectivity index (χ1) is 13.6. The van der Waals surface area contributed by atoms with E-state index in [9.17, 15) is 9.59 Å². The van der Waals surface area contributed by atoms with E-state index in [2.05, 4.69) is 5.32 Å². The number of allylic oxidation sites excluding steroid dienone is 2. The Kier molecular flexibility index (Phi) is 6.79. The normalized spacial score (nSPS) is 16.8. The molecule has 2 aromatic rings. The highest BCUT2D eigenvalue weighted by Gasteiger charge is 2.37. The standard InChI is InChI=1S/C22H20N2O2S2/c1-16(20(25)23-15-18-11-6-3-7-12-18)24-21(26)19(28-22(24)27)14-8-13-17-9-4-2-5-10-17/h2-14,16H,15H2,1H3,(H,23,25)/b13-8+,19-14-. The minimum absolute atomic E-state index is 0.235.